The zero-order valence-corrected chi connectivity index (χ0v) is 14.9. The van der Waals surface area contributed by atoms with Crippen molar-refractivity contribution in [3.63, 3.8) is 0 Å². The Balaban J connectivity index is 0. The Labute approximate surface area is 183 Å². The van der Waals surface area contributed by atoms with Gasteiger partial charge in [-0.15, -0.1) is 0 Å². The summed E-state index contributed by atoms with van der Waals surface area (Å²) in [6, 6.07) is 0. The predicted molar refractivity (Wildman–Crippen MR) is 6.18 cm³/mol. The first-order valence-electron chi connectivity index (χ1n) is 0. The molecule has 0 saturated carbocycles. The van der Waals surface area contributed by atoms with Gasteiger partial charge in [0.1, 0.15) is 0 Å². The molecule has 0 aromatic heterocycles. The van der Waals surface area contributed by atoms with Crippen molar-refractivity contribution in [3.05, 3.63) is 0 Å². The van der Waals surface area contributed by atoms with E-state index in [-0.39, 0.29) is 185 Å². The summed E-state index contributed by atoms with van der Waals surface area (Å²) < 4.78 is 0. The van der Waals surface area contributed by atoms with Crippen LogP contribution in [0.1, 0.15) is 0 Å². The average Bonchev–Trinajstić information content (AvgIpc) is 0. The Morgan fingerprint density at radius 3 is 0.294 bits per heavy atom. The maximum Gasteiger partial charge on any atom is 3.00 e. The molecule has 0 heterocycles. The fourth-order valence-corrected chi connectivity index (χ4v) is 0. The molecule has 0 aliphatic heterocycles. The zero-order chi connectivity index (χ0) is 0. The summed E-state index contributed by atoms with van der Waals surface area (Å²) in [5.74, 6) is 0. The molecule has 0 saturated heterocycles. The summed E-state index contributed by atoms with van der Waals surface area (Å²) in [5, 5.41) is 0. The molecule has 0 atom stereocenters. The largest absolute Gasteiger partial charge is 3.00 e. The molecule has 0 aliphatic carbocycles. The molecule has 17 heavy (non-hydrogen) atoms. The van der Waals surface area contributed by atoms with Crippen molar-refractivity contribution in [2.75, 3.05) is 0 Å². The molecule has 9 nitrogen and oxygen atoms in total. The van der Waals surface area contributed by atoms with Crippen molar-refractivity contribution in [2.45, 2.75) is 0 Å². The molecule has 0 aromatic rings. The van der Waals surface area contributed by atoms with Crippen LogP contribution in [-0.4, -0.2) is 0 Å². The summed E-state index contributed by atoms with van der Waals surface area (Å²) in [7, 11) is 0. The maximum atomic E-state index is 0. The van der Waals surface area contributed by atoms with Gasteiger partial charge in [0.2, 0.25) is 0 Å². The molecule has 17 heteroatoms. The first-order valence-corrected chi connectivity index (χ1v) is 0. The molecule has 8 radical (unpaired) electrons. The Morgan fingerprint density at radius 2 is 0.294 bits per heavy atom. The number of hydrogen-bond donors (Lipinski definition) is 0. The molecular weight excluding hydrogens is 611 g/mol. The van der Waals surface area contributed by atoms with Gasteiger partial charge in [-0.3, -0.25) is 0 Å². The summed E-state index contributed by atoms with van der Waals surface area (Å²) in [6.07, 6.45) is 0. The summed E-state index contributed by atoms with van der Waals surface area (Å²) in [6.45, 7) is 0. The van der Waals surface area contributed by atoms with Gasteiger partial charge in [0.15, 0.2) is 0 Å². The maximum absolute atomic E-state index is 0. The van der Waals surface area contributed by atoms with Crippen LogP contribution in [0.2, 0.25) is 0 Å². The van der Waals surface area contributed by atoms with E-state index in [1.54, 1.807) is 0 Å². The molecule has 0 fully saturated rings. The molecule has 0 spiro atoms. The Morgan fingerprint density at radius 1 is 0.294 bits per heavy atom. The molecular formula is Co2Cu2Fe2Mn2O9. The monoisotopic (exact) mass is 609 g/mol. The molecule has 0 unspecified atom stereocenters. The summed E-state index contributed by atoms with van der Waals surface area (Å²) in [4.78, 5) is 0. The van der Waals surface area contributed by atoms with E-state index < -0.39 is 0 Å². The topological polar surface area (TPSA) is 256 Å². The van der Waals surface area contributed by atoms with Crippen molar-refractivity contribution in [1.29, 1.82) is 0 Å². The second kappa shape index (κ2) is 490. The van der Waals surface area contributed by atoms with Crippen LogP contribution in [0.25, 0.3) is 0 Å². The quantitative estimate of drug-likeness (QED) is 0.296. The van der Waals surface area contributed by atoms with Crippen molar-refractivity contribution in [2.24, 2.45) is 0 Å². The molecule has 0 bridgehead atoms. The van der Waals surface area contributed by atoms with Gasteiger partial charge in [-0.25, -0.2) is 0 Å². The van der Waals surface area contributed by atoms with Crippen LogP contribution in [0.3, 0.4) is 0 Å². The Hall–Kier alpha value is 3.77. The van der Waals surface area contributed by atoms with E-state index in [2.05, 4.69) is 0 Å². The zero-order valence-electron chi connectivity index (χ0n) is 6.41. The molecule has 0 aromatic carbocycles. The molecule has 0 amide bonds. The Bertz CT molecular complexity index is 33.0. The first kappa shape index (κ1) is 571. The minimum Gasteiger partial charge on any atom is -2.00 e. The van der Waals surface area contributed by atoms with Gasteiger partial charge >= 0.3 is 136 Å². The summed E-state index contributed by atoms with van der Waals surface area (Å²) >= 11 is 0. The fourth-order valence-electron chi connectivity index (χ4n) is 0. The van der Waals surface area contributed by atoms with Gasteiger partial charge in [0.05, 0.1) is 0 Å². The van der Waals surface area contributed by atoms with Gasteiger partial charge in [-0.1, -0.05) is 0 Å². The third-order valence-corrected chi connectivity index (χ3v) is 0. The third-order valence-electron chi connectivity index (χ3n) is 0. The van der Waals surface area contributed by atoms with E-state index in [9.17, 15) is 0 Å². The van der Waals surface area contributed by atoms with Crippen molar-refractivity contribution < 1.29 is 185 Å². The van der Waals surface area contributed by atoms with Crippen LogP contribution in [-0.2, 0) is 185 Å². The van der Waals surface area contributed by atoms with Crippen LogP contribution in [0, 0.1) is 0 Å². The van der Waals surface area contributed by atoms with E-state index in [0.717, 1.165) is 0 Å². The predicted octanol–water partition coefficient (Wildman–Crippen LogP) is -1.09. The second-order valence-electron chi connectivity index (χ2n) is 0. The van der Waals surface area contributed by atoms with Crippen LogP contribution < -0.4 is 0 Å². The summed E-state index contributed by atoms with van der Waals surface area (Å²) in [5.41, 5.74) is 0. The average molecular weight is 611 g/mol. The second-order valence-corrected chi connectivity index (χ2v) is 0. The molecule has 0 aliphatic rings. The molecule has 124 valence electrons. The normalized spacial score (nSPS) is 0. The Kier molecular flexibility index (Phi) is 16500. The van der Waals surface area contributed by atoms with Crippen LogP contribution in [0.15, 0.2) is 0 Å². The minimum atomic E-state index is 0. The fraction of sp³-hybridized carbons (Fsp3) is 0. The standard InChI is InChI=1S/2Co.2Cu.2Fe.2Mn.9O/q4*+2;2*+3;2*+2;9*-2. The van der Waals surface area contributed by atoms with Gasteiger partial charge in [-0.2, -0.15) is 0 Å². The molecule has 0 rings (SSSR count). The smallest absolute Gasteiger partial charge is 2.00 e. The van der Waals surface area contributed by atoms with E-state index in [4.69, 9.17) is 0 Å². The van der Waals surface area contributed by atoms with Crippen molar-refractivity contribution in [1.82, 2.24) is 0 Å². The van der Waals surface area contributed by atoms with Gasteiger partial charge in [0, 0.05) is 0 Å². The first-order chi connectivity index (χ1) is 0. The van der Waals surface area contributed by atoms with E-state index in [1.165, 1.54) is 0 Å². The van der Waals surface area contributed by atoms with Crippen molar-refractivity contribution in [3.8, 4) is 0 Å². The SMILES string of the molecule is [Co+2].[Co+2].[Cu+2].[Cu+2].[Fe+3].[Fe+3].[Mn+2].[Mn+2].[O-2].[O-2].[O-2].[O-2].[O-2].[O-2].[O-2].[O-2].[O-2]. The van der Waals surface area contributed by atoms with Gasteiger partial charge in [0.25, 0.3) is 0 Å². The molecule has 0 N–H and O–H groups in total. The van der Waals surface area contributed by atoms with Crippen molar-refractivity contribution >= 4 is 0 Å². The van der Waals surface area contributed by atoms with E-state index in [1.807, 2.05) is 0 Å². The number of hydrogen-bond acceptors (Lipinski definition) is 0. The van der Waals surface area contributed by atoms with Crippen LogP contribution in [0.5, 0.6) is 0 Å². The van der Waals surface area contributed by atoms with Crippen LogP contribution >= 0.6 is 0 Å². The van der Waals surface area contributed by atoms with Gasteiger partial charge < -0.3 is 49.3 Å². The van der Waals surface area contributed by atoms with E-state index >= 15 is 0 Å². The van der Waals surface area contributed by atoms with Gasteiger partial charge in [-0.05, 0) is 0 Å². The third kappa shape index (κ3) is 439. The minimum absolute atomic E-state index is 0. The van der Waals surface area contributed by atoms with Crippen LogP contribution in [0.4, 0.5) is 0 Å². The van der Waals surface area contributed by atoms with E-state index in [0.29, 0.717) is 0 Å². The number of rotatable bonds is 0.